The van der Waals surface area contributed by atoms with Gasteiger partial charge in [-0.05, 0) is 42.7 Å². The summed E-state index contributed by atoms with van der Waals surface area (Å²) in [6, 6.07) is 14.1. The Morgan fingerprint density at radius 2 is 1.21 bits per heavy atom. The average molecular weight is 274 g/mol. The molecule has 0 atom stereocenters. The van der Waals surface area contributed by atoms with Crippen LogP contribution in [0.2, 0.25) is 0 Å². The first-order valence-electron chi connectivity index (χ1n) is 6.33. The first-order chi connectivity index (χ1) is 8.91. The lowest BCUT2D eigenvalue weighted by Gasteiger charge is -2.08. The second-order valence-electron chi connectivity index (χ2n) is 5.04. The van der Waals surface area contributed by atoms with Crippen molar-refractivity contribution in [3.05, 3.63) is 59.7 Å². The average Bonchev–Trinajstić information content (AvgIpc) is 2.39. The van der Waals surface area contributed by atoms with Crippen molar-refractivity contribution in [2.45, 2.75) is 36.5 Å². The standard InChI is InChI=1S/C16H18O2S/c1-12(2)14-6-10-16(11-7-14)19(17,18)15-8-4-13(3)5-9-15/h4-12H,1-3H3. The quantitative estimate of drug-likeness (QED) is 0.849. The minimum Gasteiger partial charge on any atom is -0.219 e. The maximum absolute atomic E-state index is 12.4. The van der Waals surface area contributed by atoms with Crippen LogP contribution >= 0.6 is 0 Å². The fraction of sp³-hybridized carbons (Fsp3) is 0.250. The Hall–Kier alpha value is -1.61. The zero-order chi connectivity index (χ0) is 14.0. The summed E-state index contributed by atoms with van der Waals surface area (Å²) in [6.07, 6.45) is 0. The molecule has 0 amide bonds. The molecule has 0 unspecified atom stereocenters. The highest BCUT2D eigenvalue weighted by Gasteiger charge is 2.17. The van der Waals surface area contributed by atoms with Crippen LogP contribution in [0.5, 0.6) is 0 Å². The normalized spacial score (nSPS) is 11.8. The maximum atomic E-state index is 12.4. The second-order valence-corrected chi connectivity index (χ2v) is 6.99. The molecule has 2 aromatic rings. The van der Waals surface area contributed by atoms with E-state index in [0.717, 1.165) is 11.1 Å². The number of hydrogen-bond donors (Lipinski definition) is 0. The van der Waals surface area contributed by atoms with Crippen molar-refractivity contribution in [3.63, 3.8) is 0 Å². The molecule has 3 heteroatoms. The predicted octanol–water partition coefficient (Wildman–Crippen LogP) is 3.95. The van der Waals surface area contributed by atoms with Crippen molar-refractivity contribution in [2.75, 3.05) is 0 Å². The monoisotopic (exact) mass is 274 g/mol. The molecule has 19 heavy (non-hydrogen) atoms. The number of sulfone groups is 1. The van der Waals surface area contributed by atoms with E-state index < -0.39 is 9.84 Å². The van der Waals surface area contributed by atoms with Gasteiger partial charge in [-0.3, -0.25) is 0 Å². The minimum absolute atomic E-state index is 0.343. The molecule has 0 saturated heterocycles. The highest BCUT2D eigenvalue weighted by atomic mass is 32.2. The summed E-state index contributed by atoms with van der Waals surface area (Å²) in [5.41, 5.74) is 2.19. The number of benzene rings is 2. The maximum Gasteiger partial charge on any atom is 0.206 e. The van der Waals surface area contributed by atoms with Crippen molar-refractivity contribution < 1.29 is 8.42 Å². The van der Waals surface area contributed by atoms with Crippen LogP contribution in [0.15, 0.2) is 58.3 Å². The molecule has 0 aromatic heterocycles. The zero-order valence-corrected chi connectivity index (χ0v) is 12.2. The van der Waals surface area contributed by atoms with Gasteiger partial charge in [-0.2, -0.15) is 0 Å². The van der Waals surface area contributed by atoms with Crippen molar-refractivity contribution in [1.29, 1.82) is 0 Å². The van der Waals surface area contributed by atoms with E-state index in [1.54, 1.807) is 24.3 Å². The SMILES string of the molecule is Cc1ccc(S(=O)(=O)c2ccc(C(C)C)cc2)cc1. The highest BCUT2D eigenvalue weighted by molar-refractivity contribution is 7.91. The lowest BCUT2D eigenvalue weighted by atomic mass is 10.0. The molecule has 2 rings (SSSR count). The van der Waals surface area contributed by atoms with E-state index in [2.05, 4.69) is 13.8 Å². The van der Waals surface area contributed by atoms with Crippen LogP contribution in [-0.4, -0.2) is 8.42 Å². The molecule has 0 spiro atoms. The Morgan fingerprint density at radius 3 is 1.63 bits per heavy atom. The summed E-state index contributed by atoms with van der Waals surface area (Å²) in [7, 11) is -3.40. The summed E-state index contributed by atoms with van der Waals surface area (Å²) in [6.45, 7) is 6.11. The van der Waals surface area contributed by atoms with E-state index in [1.807, 2.05) is 31.2 Å². The molecule has 0 radical (unpaired) electrons. The third-order valence-electron chi connectivity index (χ3n) is 3.19. The van der Waals surface area contributed by atoms with Gasteiger partial charge in [0.2, 0.25) is 9.84 Å². The Labute approximate surface area is 115 Å². The summed E-state index contributed by atoms with van der Waals surface area (Å²) in [5.74, 6) is 0.399. The first kappa shape index (κ1) is 13.8. The van der Waals surface area contributed by atoms with Gasteiger partial charge < -0.3 is 0 Å². The van der Waals surface area contributed by atoms with Gasteiger partial charge >= 0.3 is 0 Å². The minimum atomic E-state index is -3.40. The van der Waals surface area contributed by atoms with Crippen molar-refractivity contribution >= 4 is 9.84 Å². The molecule has 0 bridgehead atoms. The number of aryl methyl sites for hydroxylation is 1. The molecule has 0 aliphatic rings. The Balaban J connectivity index is 2.42. The molecule has 2 nitrogen and oxygen atoms in total. The van der Waals surface area contributed by atoms with Gasteiger partial charge in [0, 0.05) is 0 Å². The Morgan fingerprint density at radius 1 is 0.789 bits per heavy atom. The first-order valence-corrected chi connectivity index (χ1v) is 7.81. The van der Waals surface area contributed by atoms with Gasteiger partial charge in [0.15, 0.2) is 0 Å². The summed E-state index contributed by atoms with van der Waals surface area (Å²) < 4.78 is 24.9. The molecule has 0 saturated carbocycles. The Kier molecular flexibility index (Phi) is 3.76. The largest absolute Gasteiger partial charge is 0.219 e. The van der Waals surface area contributed by atoms with Crippen LogP contribution in [0, 0.1) is 6.92 Å². The molecule has 0 aliphatic carbocycles. The van der Waals surface area contributed by atoms with Gasteiger partial charge in [0.25, 0.3) is 0 Å². The lowest BCUT2D eigenvalue weighted by molar-refractivity contribution is 0.596. The van der Waals surface area contributed by atoms with Crippen LogP contribution in [-0.2, 0) is 9.84 Å². The van der Waals surface area contributed by atoms with E-state index in [9.17, 15) is 8.42 Å². The fourth-order valence-corrected chi connectivity index (χ4v) is 3.15. The van der Waals surface area contributed by atoms with E-state index >= 15 is 0 Å². The van der Waals surface area contributed by atoms with Crippen LogP contribution in [0.4, 0.5) is 0 Å². The van der Waals surface area contributed by atoms with Crippen molar-refractivity contribution in [2.24, 2.45) is 0 Å². The summed E-state index contributed by atoms with van der Waals surface area (Å²) in [5, 5.41) is 0. The predicted molar refractivity (Wildman–Crippen MR) is 77.2 cm³/mol. The van der Waals surface area contributed by atoms with E-state index in [0.29, 0.717) is 15.7 Å². The van der Waals surface area contributed by atoms with Crippen LogP contribution in [0.1, 0.15) is 30.9 Å². The number of rotatable bonds is 3. The third-order valence-corrected chi connectivity index (χ3v) is 4.97. The molecule has 2 aromatic carbocycles. The molecular weight excluding hydrogens is 256 g/mol. The van der Waals surface area contributed by atoms with Crippen LogP contribution in [0.3, 0.4) is 0 Å². The molecular formula is C16H18O2S. The van der Waals surface area contributed by atoms with E-state index in [4.69, 9.17) is 0 Å². The zero-order valence-electron chi connectivity index (χ0n) is 11.4. The molecule has 100 valence electrons. The van der Waals surface area contributed by atoms with E-state index in [1.165, 1.54) is 0 Å². The number of hydrogen-bond acceptors (Lipinski definition) is 2. The Bertz CT molecular complexity index is 651. The van der Waals surface area contributed by atoms with Gasteiger partial charge in [-0.15, -0.1) is 0 Å². The second kappa shape index (κ2) is 5.17. The molecule has 0 aliphatic heterocycles. The van der Waals surface area contributed by atoms with Crippen LogP contribution in [0.25, 0.3) is 0 Å². The van der Waals surface area contributed by atoms with Gasteiger partial charge in [0.1, 0.15) is 0 Å². The highest BCUT2D eigenvalue weighted by Crippen LogP contribution is 2.23. The fourth-order valence-electron chi connectivity index (χ4n) is 1.89. The third kappa shape index (κ3) is 2.87. The molecule has 0 heterocycles. The summed E-state index contributed by atoms with van der Waals surface area (Å²) >= 11 is 0. The van der Waals surface area contributed by atoms with Gasteiger partial charge in [-0.25, -0.2) is 8.42 Å². The smallest absolute Gasteiger partial charge is 0.206 e. The molecule has 0 fully saturated rings. The lowest BCUT2D eigenvalue weighted by Crippen LogP contribution is -2.02. The van der Waals surface area contributed by atoms with Crippen molar-refractivity contribution in [3.8, 4) is 0 Å². The topological polar surface area (TPSA) is 34.1 Å². The van der Waals surface area contributed by atoms with E-state index in [-0.39, 0.29) is 0 Å². The van der Waals surface area contributed by atoms with Gasteiger partial charge in [0.05, 0.1) is 9.79 Å². The molecule has 0 N–H and O–H groups in total. The van der Waals surface area contributed by atoms with Gasteiger partial charge in [-0.1, -0.05) is 43.7 Å². The summed E-state index contributed by atoms with van der Waals surface area (Å²) in [4.78, 5) is 0.691. The van der Waals surface area contributed by atoms with Crippen molar-refractivity contribution in [1.82, 2.24) is 0 Å². The van der Waals surface area contributed by atoms with Crippen LogP contribution < -0.4 is 0 Å².